The molecule has 2 aromatic heterocycles. The van der Waals surface area contributed by atoms with Crippen LogP contribution in [0.25, 0.3) is 0 Å². The molecule has 0 amide bonds. The fourth-order valence-electron chi connectivity index (χ4n) is 1.76. The minimum Gasteiger partial charge on any atom is -0.468 e. The van der Waals surface area contributed by atoms with Crippen molar-refractivity contribution in [3.05, 3.63) is 46.5 Å². The summed E-state index contributed by atoms with van der Waals surface area (Å²) in [7, 11) is 0. The first-order valence-corrected chi connectivity index (χ1v) is 6.44. The summed E-state index contributed by atoms with van der Waals surface area (Å²) in [4.78, 5) is 1.39. The summed E-state index contributed by atoms with van der Waals surface area (Å²) < 4.78 is 5.32. The summed E-state index contributed by atoms with van der Waals surface area (Å²) in [5.74, 6) is 1.57. The standard InChI is InChI=1S/C13H17NOS/c1-10(2)13(12-6-4-8-16-12)14-9-11-5-3-7-15-11/h3-8,10,13-14H,9H2,1-2H3. The van der Waals surface area contributed by atoms with Crippen molar-refractivity contribution in [2.45, 2.75) is 26.4 Å². The van der Waals surface area contributed by atoms with E-state index >= 15 is 0 Å². The minimum atomic E-state index is 0.408. The molecular weight excluding hydrogens is 218 g/mol. The summed E-state index contributed by atoms with van der Waals surface area (Å²) in [6, 6.07) is 8.62. The fourth-order valence-corrected chi connectivity index (χ4v) is 2.73. The van der Waals surface area contributed by atoms with Crippen molar-refractivity contribution in [1.29, 1.82) is 0 Å². The van der Waals surface area contributed by atoms with Gasteiger partial charge >= 0.3 is 0 Å². The number of thiophene rings is 1. The Morgan fingerprint density at radius 2 is 2.19 bits per heavy atom. The predicted molar refractivity (Wildman–Crippen MR) is 67.4 cm³/mol. The number of rotatable bonds is 5. The second kappa shape index (κ2) is 5.32. The maximum Gasteiger partial charge on any atom is 0.117 e. The molecule has 0 aliphatic heterocycles. The van der Waals surface area contributed by atoms with E-state index in [9.17, 15) is 0 Å². The highest BCUT2D eigenvalue weighted by atomic mass is 32.1. The maximum atomic E-state index is 5.32. The Labute approximate surface area is 100 Å². The summed E-state index contributed by atoms with van der Waals surface area (Å²) >= 11 is 1.80. The van der Waals surface area contributed by atoms with E-state index in [2.05, 4.69) is 36.7 Å². The molecule has 0 bridgehead atoms. The van der Waals surface area contributed by atoms with E-state index in [1.54, 1.807) is 17.6 Å². The Kier molecular flexibility index (Phi) is 3.80. The lowest BCUT2D eigenvalue weighted by atomic mass is 10.0. The lowest BCUT2D eigenvalue weighted by molar-refractivity contribution is 0.388. The van der Waals surface area contributed by atoms with Gasteiger partial charge in [-0.1, -0.05) is 19.9 Å². The van der Waals surface area contributed by atoms with Gasteiger partial charge in [0.2, 0.25) is 0 Å². The Morgan fingerprint density at radius 1 is 1.31 bits per heavy atom. The molecule has 2 rings (SSSR count). The Hall–Kier alpha value is -1.06. The molecule has 86 valence electrons. The van der Waals surface area contributed by atoms with Crippen LogP contribution in [0, 0.1) is 5.92 Å². The van der Waals surface area contributed by atoms with Crippen molar-refractivity contribution in [2.75, 3.05) is 0 Å². The normalized spacial score (nSPS) is 13.2. The van der Waals surface area contributed by atoms with Crippen LogP contribution in [0.1, 0.15) is 30.5 Å². The van der Waals surface area contributed by atoms with Crippen LogP contribution in [0.4, 0.5) is 0 Å². The molecule has 0 fully saturated rings. The molecule has 16 heavy (non-hydrogen) atoms. The van der Waals surface area contributed by atoms with E-state index in [-0.39, 0.29) is 0 Å². The first-order valence-electron chi connectivity index (χ1n) is 5.56. The molecule has 1 N–H and O–H groups in total. The van der Waals surface area contributed by atoms with E-state index < -0.39 is 0 Å². The number of hydrogen-bond acceptors (Lipinski definition) is 3. The first-order chi connectivity index (χ1) is 7.77. The zero-order valence-electron chi connectivity index (χ0n) is 9.64. The Bertz CT molecular complexity index is 392. The van der Waals surface area contributed by atoms with Crippen LogP contribution in [0.15, 0.2) is 40.3 Å². The minimum absolute atomic E-state index is 0.408. The molecule has 1 atom stereocenters. The van der Waals surface area contributed by atoms with Crippen LogP contribution in [0.3, 0.4) is 0 Å². The van der Waals surface area contributed by atoms with Crippen LogP contribution in [0.2, 0.25) is 0 Å². The zero-order chi connectivity index (χ0) is 11.4. The second-order valence-electron chi connectivity index (χ2n) is 4.20. The summed E-state index contributed by atoms with van der Waals surface area (Å²) in [5, 5.41) is 5.66. The lowest BCUT2D eigenvalue weighted by Crippen LogP contribution is -2.24. The van der Waals surface area contributed by atoms with Crippen molar-refractivity contribution < 1.29 is 4.42 Å². The third-order valence-corrected chi connectivity index (χ3v) is 3.55. The number of furan rings is 1. The average Bonchev–Trinajstić information content (AvgIpc) is 2.88. The van der Waals surface area contributed by atoms with Crippen molar-refractivity contribution in [2.24, 2.45) is 5.92 Å². The molecule has 2 aromatic rings. The molecule has 0 saturated heterocycles. The Morgan fingerprint density at radius 3 is 2.75 bits per heavy atom. The molecular formula is C13H17NOS. The summed E-state index contributed by atoms with van der Waals surface area (Å²) in [6.45, 7) is 5.26. The topological polar surface area (TPSA) is 25.2 Å². The van der Waals surface area contributed by atoms with Gasteiger partial charge < -0.3 is 9.73 Å². The average molecular weight is 235 g/mol. The Balaban J connectivity index is 1.99. The molecule has 2 nitrogen and oxygen atoms in total. The van der Waals surface area contributed by atoms with Gasteiger partial charge in [-0.3, -0.25) is 0 Å². The van der Waals surface area contributed by atoms with Gasteiger partial charge in [0.1, 0.15) is 5.76 Å². The number of nitrogens with one attached hydrogen (secondary N) is 1. The van der Waals surface area contributed by atoms with E-state index in [0.29, 0.717) is 12.0 Å². The van der Waals surface area contributed by atoms with E-state index in [0.717, 1.165) is 12.3 Å². The third-order valence-electron chi connectivity index (χ3n) is 2.59. The van der Waals surface area contributed by atoms with Gasteiger partial charge in [-0.2, -0.15) is 0 Å². The first kappa shape index (κ1) is 11.4. The van der Waals surface area contributed by atoms with Gasteiger partial charge in [0.25, 0.3) is 0 Å². The van der Waals surface area contributed by atoms with Gasteiger partial charge in [-0.15, -0.1) is 11.3 Å². The molecule has 0 aliphatic carbocycles. The predicted octanol–water partition coefficient (Wildman–Crippen LogP) is 3.83. The molecule has 0 saturated carbocycles. The van der Waals surface area contributed by atoms with Crippen molar-refractivity contribution >= 4 is 11.3 Å². The molecule has 0 aliphatic rings. The SMILES string of the molecule is CC(C)C(NCc1ccco1)c1cccs1. The number of hydrogen-bond donors (Lipinski definition) is 1. The lowest BCUT2D eigenvalue weighted by Gasteiger charge is -2.20. The molecule has 2 heterocycles. The highest BCUT2D eigenvalue weighted by Crippen LogP contribution is 2.26. The van der Waals surface area contributed by atoms with Crippen LogP contribution < -0.4 is 5.32 Å². The molecule has 0 aromatic carbocycles. The second-order valence-corrected chi connectivity index (χ2v) is 5.18. The van der Waals surface area contributed by atoms with Crippen LogP contribution in [0.5, 0.6) is 0 Å². The van der Waals surface area contributed by atoms with Crippen LogP contribution in [-0.2, 0) is 6.54 Å². The highest BCUT2D eigenvalue weighted by Gasteiger charge is 2.16. The van der Waals surface area contributed by atoms with E-state index in [1.165, 1.54) is 4.88 Å². The van der Waals surface area contributed by atoms with Crippen LogP contribution in [-0.4, -0.2) is 0 Å². The van der Waals surface area contributed by atoms with Gasteiger partial charge in [0.05, 0.1) is 12.8 Å². The van der Waals surface area contributed by atoms with Crippen molar-refractivity contribution in [3.8, 4) is 0 Å². The summed E-state index contributed by atoms with van der Waals surface area (Å²) in [6.07, 6.45) is 1.71. The van der Waals surface area contributed by atoms with Crippen LogP contribution >= 0.6 is 11.3 Å². The van der Waals surface area contributed by atoms with Crippen molar-refractivity contribution in [1.82, 2.24) is 5.32 Å². The van der Waals surface area contributed by atoms with E-state index in [4.69, 9.17) is 4.42 Å². The van der Waals surface area contributed by atoms with Gasteiger partial charge in [-0.05, 0) is 29.5 Å². The highest BCUT2D eigenvalue weighted by molar-refractivity contribution is 7.10. The zero-order valence-corrected chi connectivity index (χ0v) is 10.5. The van der Waals surface area contributed by atoms with Crippen molar-refractivity contribution in [3.63, 3.8) is 0 Å². The smallest absolute Gasteiger partial charge is 0.117 e. The summed E-state index contributed by atoms with van der Waals surface area (Å²) in [5.41, 5.74) is 0. The molecule has 1 unspecified atom stereocenters. The maximum absolute atomic E-state index is 5.32. The third kappa shape index (κ3) is 2.74. The molecule has 0 radical (unpaired) electrons. The molecule has 0 spiro atoms. The fraction of sp³-hybridized carbons (Fsp3) is 0.385. The largest absolute Gasteiger partial charge is 0.468 e. The van der Waals surface area contributed by atoms with E-state index in [1.807, 2.05) is 12.1 Å². The molecule has 3 heteroatoms. The van der Waals surface area contributed by atoms with Gasteiger partial charge in [-0.25, -0.2) is 0 Å². The van der Waals surface area contributed by atoms with Gasteiger partial charge in [0, 0.05) is 10.9 Å². The quantitative estimate of drug-likeness (QED) is 0.852. The monoisotopic (exact) mass is 235 g/mol. The van der Waals surface area contributed by atoms with Gasteiger partial charge in [0.15, 0.2) is 0 Å².